The molecule has 0 aromatic heterocycles. The number of rotatable bonds is 6. The minimum Gasteiger partial charge on any atom is -0.508 e. The van der Waals surface area contributed by atoms with Gasteiger partial charge in [0.05, 0.1) is 0 Å². The van der Waals surface area contributed by atoms with Crippen LogP contribution in [0.2, 0.25) is 5.02 Å². The van der Waals surface area contributed by atoms with Crippen LogP contribution >= 0.6 is 11.6 Å². The molecule has 1 aliphatic carbocycles. The fourth-order valence-electron chi connectivity index (χ4n) is 1.68. The molecule has 0 aliphatic heterocycles. The Labute approximate surface area is 111 Å². The van der Waals surface area contributed by atoms with Gasteiger partial charge in [-0.25, -0.2) is 0 Å². The number of carbonyl (C=O) groups is 1. The van der Waals surface area contributed by atoms with Gasteiger partial charge in [-0.15, -0.1) is 0 Å². The molecule has 0 unspecified atom stereocenters. The van der Waals surface area contributed by atoms with E-state index in [4.69, 9.17) is 11.6 Å². The van der Waals surface area contributed by atoms with Crippen molar-refractivity contribution >= 4 is 17.5 Å². The second-order valence-corrected chi connectivity index (χ2v) is 4.95. The lowest BCUT2D eigenvalue weighted by Crippen LogP contribution is -2.32. The van der Waals surface area contributed by atoms with Crippen molar-refractivity contribution in [3.05, 3.63) is 28.8 Å². The van der Waals surface area contributed by atoms with Gasteiger partial charge in [-0.3, -0.25) is 4.79 Å². The Morgan fingerprint density at radius 1 is 1.39 bits per heavy atom. The van der Waals surface area contributed by atoms with E-state index in [0.29, 0.717) is 24.7 Å². The second kappa shape index (κ2) is 6.07. The van der Waals surface area contributed by atoms with Crippen molar-refractivity contribution in [3.8, 4) is 5.75 Å². The van der Waals surface area contributed by atoms with Crippen molar-refractivity contribution in [2.45, 2.75) is 19.4 Å². The maximum absolute atomic E-state index is 11.3. The number of phenolic OH excluding ortho intramolecular Hbond substituents is 1. The van der Waals surface area contributed by atoms with E-state index in [1.807, 2.05) is 0 Å². The lowest BCUT2D eigenvalue weighted by molar-refractivity contribution is -0.122. The third kappa shape index (κ3) is 3.89. The molecule has 2 rings (SSSR count). The summed E-state index contributed by atoms with van der Waals surface area (Å²) in [6, 6.07) is 4.96. The third-order valence-corrected chi connectivity index (χ3v) is 3.14. The smallest absolute Gasteiger partial charge is 0.223 e. The molecular formula is C13H17ClN2O2. The van der Waals surface area contributed by atoms with Crippen LogP contribution in [0, 0.1) is 5.92 Å². The predicted molar refractivity (Wildman–Crippen MR) is 70.6 cm³/mol. The maximum atomic E-state index is 11.3. The highest BCUT2D eigenvalue weighted by molar-refractivity contribution is 6.30. The zero-order valence-electron chi connectivity index (χ0n) is 10.1. The highest BCUT2D eigenvalue weighted by atomic mass is 35.5. The fraction of sp³-hybridized carbons (Fsp3) is 0.462. The summed E-state index contributed by atoms with van der Waals surface area (Å²) in [5.41, 5.74) is 0.760. The molecule has 1 fully saturated rings. The van der Waals surface area contributed by atoms with Gasteiger partial charge in [0, 0.05) is 36.1 Å². The second-order valence-electron chi connectivity index (χ2n) is 4.52. The molecule has 18 heavy (non-hydrogen) atoms. The van der Waals surface area contributed by atoms with E-state index in [2.05, 4.69) is 10.6 Å². The van der Waals surface area contributed by atoms with E-state index in [-0.39, 0.29) is 17.6 Å². The van der Waals surface area contributed by atoms with E-state index in [9.17, 15) is 9.90 Å². The molecule has 3 N–H and O–H groups in total. The summed E-state index contributed by atoms with van der Waals surface area (Å²) in [6.45, 7) is 1.81. The lowest BCUT2D eigenvalue weighted by Gasteiger charge is -2.08. The Balaban J connectivity index is 1.65. The molecule has 0 radical (unpaired) electrons. The van der Waals surface area contributed by atoms with Crippen LogP contribution in [0.5, 0.6) is 5.75 Å². The number of hydrogen-bond acceptors (Lipinski definition) is 3. The number of nitrogens with one attached hydrogen (secondary N) is 2. The van der Waals surface area contributed by atoms with E-state index in [1.54, 1.807) is 18.2 Å². The Kier molecular flexibility index (Phi) is 4.44. The summed E-state index contributed by atoms with van der Waals surface area (Å²) in [6.07, 6.45) is 2.05. The summed E-state index contributed by atoms with van der Waals surface area (Å²) in [4.78, 5) is 11.3. The minimum absolute atomic E-state index is 0.155. The Morgan fingerprint density at radius 2 is 2.17 bits per heavy atom. The van der Waals surface area contributed by atoms with Crippen LogP contribution < -0.4 is 10.6 Å². The van der Waals surface area contributed by atoms with Crippen LogP contribution in [0.4, 0.5) is 0 Å². The summed E-state index contributed by atoms with van der Waals surface area (Å²) in [5.74, 6) is 0.637. The highest BCUT2D eigenvalue weighted by Crippen LogP contribution is 2.28. The van der Waals surface area contributed by atoms with Crippen LogP contribution in [0.25, 0.3) is 0 Å². The van der Waals surface area contributed by atoms with Crippen molar-refractivity contribution in [1.29, 1.82) is 0 Å². The first-order valence-corrected chi connectivity index (χ1v) is 6.50. The molecule has 0 heterocycles. The largest absolute Gasteiger partial charge is 0.508 e. The number of phenols is 1. The zero-order chi connectivity index (χ0) is 13.0. The number of benzene rings is 1. The first-order chi connectivity index (χ1) is 8.66. The van der Waals surface area contributed by atoms with Gasteiger partial charge in [-0.2, -0.15) is 0 Å². The number of aromatic hydroxyl groups is 1. The van der Waals surface area contributed by atoms with Crippen LogP contribution in [-0.4, -0.2) is 24.1 Å². The quantitative estimate of drug-likeness (QED) is 0.688. The molecule has 1 aliphatic rings. The fourth-order valence-corrected chi connectivity index (χ4v) is 1.88. The molecule has 0 bridgehead atoms. The molecule has 0 atom stereocenters. The Bertz CT molecular complexity index is 433. The van der Waals surface area contributed by atoms with E-state index in [1.165, 1.54) is 0 Å². The van der Waals surface area contributed by atoms with Gasteiger partial charge >= 0.3 is 0 Å². The molecule has 1 amide bonds. The molecule has 1 aromatic carbocycles. The van der Waals surface area contributed by atoms with Gasteiger partial charge in [0.2, 0.25) is 5.91 Å². The van der Waals surface area contributed by atoms with Gasteiger partial charge in [0.15, 0.2) is 0 Å². The molecule has 0 saturated heterocycles. The van der Waals surface area contributed by atoms with Crippen molar-refractivity contribution in [3.63, 3.8) is 0 Å². The Hall–Kier alpha value is -1.26. The first kappa shape index (κ1) is 13.2. The monoisotopic (exact) mass is 268 g/mol. The summed E-state index contributed by atoms with van der Waals surface area (Å²) in [5, 5.41) is 16.2. The molecule has 0 spiro atoms. The van der Waals surface area contributed by atoms with Crippen molar-refractivity contribution in [1.82, 2.24) is 10.6 Å². The lowest BCUT2D eigenvalue weighted by atomic mass is 10.2. The number of carbonyl (C=O) groups excluding carboxylic acids is 1. The van der Waals surface area contributed by atoms with Crippen LogP contribution in [-0.2, 0) is 11.3 Å². The number of amides is 1. The topological polar surface area (TPSA) is 61.4 Å². The van der Waals surface area contributed by atoms with Gasteiger partial charge in [-0.05, 0) is 31.0 Å². The average molecular weight is 269 g/mol. The molecule has 5 heteroatoms. The van der Waals surface area contributed by atoms with Gasteiger partial charge in [0.1, 0.15) is 5.75 Å². The van der Waals surface area contributed by atoms with Crippen molar-refractivity contribution in [2.75, 3.05) is 13.1 Å². The molecule has 1 aromatic rings. The molecular weight excluding hydrogens is 252 g/mol. The molecule has 98 valence electrons. The van der Waals surface area contributed by atoms with Gasteiger partial charge in [-0.1, -0.05) is 11.6 Å². The average Bonchev–Trinajstić information content (AvgIpc) is 3.17. The predicted octanol–water partition coefficient (Wildman–Crippen LogP) is 1.66. The van der Waals surface area contributed by atoms with E-state index in [0.717, 1.165) is 18.4 Å². The maximum Gasteiger partial charge on any atom is 0.223 e. The summed E-state index contributed by atoms with van der Waals surface area (Å²) >= 11 is 5.84. The summed E-state index contributed by atoms with van der Waals surface area (Å²) < 4.78 is 0. The van der Waals surface area contributed by atoms with E-state index >= 15 is 0 Å². The SMILES string of the molecule is O=C(NCCNCc1cc(Cl)ccc1O)C1CC1. The highest BCUT2D eigenvalue weighted by Gasteiger charge is 2.28. The normalized spacial score (nSPS) is 14.5. The Morgan fingerprint density at radius 3 is 2.89 bits per heavy atom. The summed E-state index contributed by atoms with van der Waals surface area (Å²) in [7, 11) is 0. The van der Waals surface area contributed by atoms with Crippen LogP contribution in [0.1, 0.15) is 18.4 Å². The number of halogens is 1. The zero-order valence-corrected chi connectivity index (χ0v) is 10.8. The van der Waals surface area contributed by atoms with Gasteiger partial charge < -0.3 is 15.7 Å². The van der Waals surface area contributed by atoms with Crippen LogP contribution in [0.3, 0.4) is 0 Å². The molecule has 4 nitrogen and oxygen atoms in total. The number of hydrogen-bond donors (Lipinski definition) is 3. The van der Waals surface area contributed by atoms with E-state index < -0.39 is 0 Å². The van der Waals surface area contributed by atoms with Crippen LogP contribution in [0.15, 0.2) is 18.2 Å². The van der Waals surface area contributed by atoms with Crippen molar-refractivity contribution < 1.29 is 9.90 Å². The van der Waals surface area contributed by atoms with Gasteiger partial charge in [0.25, 0.3) is 0 Å². The molecule has 1 saturated carbocycles. The van der Waals surface area contributed by atoms with Crippen molar-refractivity contribution in [2.24, 2.45) is 5.92 Å². The first-order valence-electron chi connectivity index (χ1n) is 6.12. The minimum atomic E-state index is 0.155. The standard InChI is InChI=1S/C13H17ClN2O2/c14-11-3-4-12(17)10(7-11)8-15-5-6-16-13(18)9-1-2-9/h3-4,7,9,15,17H,1-2,5-6,8H2,(H,16,18). The third-order valence-electron chi connectivity index (χ3n) is 2.91.